The van der Waals surface area contributed by atoms with E-state index in [2.05, 4.69) is 0 Å². The molecule has 6 aromatic rings. The largest absolute Gasteiger partial charge is 0.508 e. The average Bonchev–Trinajstić information content (AvgIpc) is 0.774. The molecule has 0 aliphatic carbocycles. The molecule has 6 rings (SSSR count). The molecule has 0 aliphatic rings. The van der Waals surface area contributed by atoms with Gasteiger partial charge < -0.3 is 111 Å². The fourth-order valence-corrected chi connectivity index (χ4v) is 13.9. The van der Waals surface area contributed by atoms with Crippen LogP contribution >= 0.6 is 0 Å². The van der Waals surface area contributed by atoms with Gasteiger partial charge in [0, 0.05) is 84.8 Å². The molecule has 56 heteroatoms. The number of aliphatic carboxylic acids is 12. The quantitative estimate of drug-likeness (QED) is 0.0232. The van der Waals surface area contributed by atoms with E-state index in [-0.39, 0.29) is 43.0 Å². The zero-order chi connectivity index (χ0) is 96.2. The number of aromatic hydroxyl groups is 6. The monoisotopic (exact) mass is 1900 g/mol. The van der Waals surface area contributed by atoms with Crippen LogP contribution in [0.1, 0.15) is 84.5 Å². The Bertz CT molecular complexity index is 5300. The normalized spacial score (nSPS) is 12.6. The van der Waals surface area contributed by atoms with Gasteiger partial charge in [0.1, 0.15) is 104 Å². The Kier molecular flexibility index (Phi) is 43.5. The lowest BCUT2D eigenvalue weighted by molar-refractivity contribution is -0.150. The van der Waals surface area contributed by atoms with Gasteiger partial charge in [-0.05, 0) is 72.8 Å². The van der Waals surface area contributed by atoms with E-state index in [1.54, 1.807) is 0 Å². The number of ether oxygens (including phenoxy) is 4. The summed E-state index contributed by atoms with van der Waals surface area (Å²) >= 11 is 0. The minimum atomic E-state index is -5.20. The molecule has 0 fully saturated rings. The standard InChI is InChI=1S/C24H28N2O18S2.C24H28N2O12.C22H24N2O13S.2CH4.O3S/c1-43-11-5-13(21(31)15(7-11)45(37,38)39)19(23(33)34)25(9-17(27)28)3-4-26(10-18(29)30)20(24(35)36)14-6-12(44-2)8-16(22(14)32)46(40,41)42;1-37-13-3-5-17(27)15(9-13)21(23(33)34)25(11-19(29)30)7-8-26(12-20(31)32)22(24(35)36)16-10-14(38-2)4-6-18(16)28;25-15-4-2-1-3-13(15)19(21(31)32)23(10-17(27)28)7-8-24(11-18(29)30)20(22(33)34)14-9-12(38(35,36)37)5-6-16(14)26;;;1-4(2)3/h5-8,19-20,31-32H,3-4,9-10H2,1-2H3,(H,27,28)(H,29,30)(H,33,34)(H,35,36)(H,37,38,39)(H,40,41,42);3-6,9-10,21-22,27-28H,7-8,11-12H2,1-2H3,(H,29,30)(H,31,32)(H,33,34)(H,35,36);1-6,9,19-20,25-26H,7-8,10-11H2,(H,27,28)(H,29,30)(H,31,32)(H,33,34)(H,35,36,37);2*1H4;. The van der Waals surface area contributed by atoms with Crippen LogP contribution in [-0.2, 0) is 98.5 Å². The molecule has 6 unspecified atom stereocenters. The maximum Gasteiger partial charge on any atom is 0.425 e. The molecular formula is C72H88N6O46S4. The van der Waals surface area contributed by atoms with Crippen molar-refractivity contribution in [3.8, 4) is 57.5 Å². The molecule has 21 N–H and O–H groups in total. The van der Waals surface area contributed by atoms with Crippen LogP contribution < -0.4 is 18.9 Å². The Morgan fingerprint density at radius 1 is 0.297 bits per heavy atom. The van der Waals surface area contributed by atoms with Crippen LogP contribution in [0.25, 0.3) is 0 Å². The van der Waals surface area contributed by atoms with Gasteiger partial charge in [-0.2, -0.15) is 25.3 Å². The van der Waals surface area contributed by atoms with Crippen molar-refractivity contribution in [1.82, 2.24) is 29.4 Å². The maximum absolute atomic E-state index is 12.4. The van der Waals surface area contributed by atoms with Crippen molar-refractivity contribution in [2.45, 2.75) is 65.8 Å². The van der Waals surface area contributed by atoms with Crippen LogP contribution in [0.15, 0.2) is 118 Å². The van der Waals surface area contributed by atoms with Gasteiger partial charge in [0.2, 0.25) is 0 Å². The predicted molar refractivity (Wildman–Crippen MR) is 425 cm³/mol. The van der Waals surface area contributed by atoms with Gasteiger partial charge in [-0.3, -0.25) is 101 Å². The smallest absolute Gasteiger partial charge is 0.425 e. The molecule has 6 atom stereocenters. The Morgan fingerprint density at radius 2 is 0.508 bits per heavy atom. The number of carboxylic acid groups (broad SMARTS) is 12. The fraction of sp³-hybridized carbons (Fsp3) is 0.333. The van der Waals surface area contributed by atoms with E-state index >= 15 is 0 Å². The van der Waals surface area contributed by atoms with E-state index in [1.807, 2.05) is 0 Å². The number of carboxylic acids is 12. The Labute approximate surface area is 725 Å². The lowest BCUT2D eigenvalue weighted by Gasteiger charge is -2.33. The number of benzene rings is 6. The van der Waals surface area contributed by atoms with Gasteiger partial charge in [0.05, 0.1) is 72.6 Å². The van der Waals surface area contributed by atoms with E-state index in [0.29, 0.717) is 28.0 Å². The number of phenolic OH excluding ortho intramolecular Hbond substituents is 6. The second kappa shape index (κ2) is 49.7. The molecule has 0 radical (unpaired) electrons. The summed E-state index contributed by atoms with van der Waals surface area (Å²) in [5.41, 5.74) is -2.77. The highest BCUT2D eigenvalue weighted by Crippen LogP contribution is 2.42. The van der Waals surface area contributed by atoms with Crippen LogP contribution in [0.3, 0.4) is 0 Å². The average molecular weight is 1900 g/mol. The Balaban J connectivity index is 0.000000937. The zero-order valence-corrected chi connectivity index (χ0v) is 68.4. The first-order valence-electron chi connectivity index (χ1n) is 34.4. The molecule has 0 aliphatic heterocycles. The molecule has 0 saturated carbocycles. The predicted octanol–water partition coefficient (Wildman–Crippen LogP) is 0.510. The van der Waals surface area contributed by atoms with E-state index in [4.69, 9.17) is 31.6 Å². The summed E-state index contributed by atoms with van der Waals surface area (Å²) in [5.74, 6) is -24.6. The van der Waals surface area contributed by atoms with Crippen LogP contribution in [0.4, 0.5) is 0 Å². The first-order chi connectivity index (χ1) is 58.4. The van der Waals surface area contributed by atoms with Gasteiger partial charge in [-0.1, -0.05) is 33.1 Å². The van der Waals surface area contributed by atoms with E-state index in [1.165, 1.54) is 74.9 Å². The molecule has 0 bridgehead atoms. The van der Waals surface area contributed by atoms with Crippen molar-refractivity contribution in [3.05, 3.63) is 137 Å². The SMILES string of the molecule is C.C.COc1cc(C(C(=O)O)N(CCN(CC(=O)O)C(C(=O)O)c2cc(OC)cc(S(=O)(=O)O)c2O)CC(=O)O)c(O)c(S(=O)(=O)O)c1.COc1ccc(O)c(C(C(=O)O)N(CCN(CC(=O)O)C(C(=O)O)c2cc(OC)ccc2O)CC(=O)O)c1.O=C(O)CN(CCN(CC(=O)O)C(C(=O)O)c1cc(S(=O)(=O)O)ccc1O)C(C(=O)O)c1ccccc1O.O=S(=O)=O. The number of rotatable bonds is 46. The number of phenols is 6. The van der Waals surface area contributed by atoms with E-state index in [9.17, 15) is 188 Å². The summed E-state index contributed by atoms with van der Waals surface area (Å²) in [6.45, 7) is -9.79. The lowest BCUT2D eigenvalue weighted by atomic mass is 10.0. The van der Waals surface area contributed by atoms with Crippen molar-refractivity contribution < 1.29 is 220 Å². The fourth-order valence-electron chi connectivity index (χ4n) is 12.2. The minimum Gasteiger partial charge on any atom is -0.508 e. The molecule has 0 spiro atoms. The second-order valence-corrected chi connectivity index (χ2v) is 30.1. The Morgan fingerprint density at radius 3 is 0.727 bits per heavy atom. The molecule has 0 amide bonds. The third kappa shape index (κ3) is 32.9. The van der Waals surface area contributed by atoms with Crippen molar-refractivity contribution in [1.29, 1.82) is 0 Å². The van der Waals surface area contributed by atoms with Gasteiger partial charge in [0.25, 0.3) is 30.4 Å². The van der Waals surface area contributed by atoms with E-state index in [0.717, 1.165) is 58.1 Å². The second-order valence-electron chi connectivity index (χ2n) is 25.5. The molecular weight excluding hydrogens is 1810 g/mol. The van der Waals surface area contributed by atoms with Gasteiger partial charge in [0.15, 0.2) is 0 Å². The molecule has 128 heavy (non-hydrogen) atoms. The number of hydrogen-bond donors (Lipinski definition) is 21. The van der Waals surface area contributed by atoms with E-state index < -0.39 is 305 Å². The van der Waals surface area contributed by atoms with Crippen LogP contribution in [0.2, 0.25) is 0 Å². The number of methoxy groups -OCH3 is 4. The van der Waals surface area contributed by atoms with Gasteiger partial charge in [-0.25, -0.2) is 0 Å². The topological polar surface area (TPSA) is 840 Å². The van der Waals surface area contributed by atoms with Crippen LogP contribution in [-0.4, -0.2) is 351 Å². The van der Waals surface area contributed by atoms with Gasteiger partial charge in [-0.15, -0.1) is 12.6 Å². The van der Waals surface area contributed by atoms with Crippen molar-refractivity contribution >= 4 is 113 Å². The highest BCUT2D eigenvalue weighted by molar-refractivity contribution is 7.86. The highest BCUT2D eigenvalue weighted by Gasteiger charge is 2.42. The highest BCUT2D eigenvalue weighted by atomic mass is 32.2. The molecule has 6 aromatic carbocycles. The molecule has 0 saturated heterocycles. The van der Waals surface area contributed by atoms with Crippen molar-refractivity contribution in [3.63, 3.8) is 0 Å². The number of carbonyl (C=O) groups is 12. The molecule has 0 heterocycles. The Hall–Kier alpha value is -13.9. The number of nitrogens with zero attached hydrogens (tertiary/aromatic N) is 6. The summed E-state index contributed by atoms with van der Waals surface area (Å²) in [6.07, 6.45) is 0. The summed E-state index contributed by atoms with van der Waals surface area (Å²) < 4.78 is 144. The molecule has 0 aromatic heterocycles. The first kappa shape index (κ1) is 112. The molecule has 52 nitrogen and oxygen atoms in total. The summed E-state index contributed by atoms with van der Waals surface area (Å²) in [5, 5.41) is 179. The first-order valence-corrected chi connectivity index (χ1v) is 39.7. The van der Waals surface area contributed by atoms with Crippen LogP contribution in [0, 0.1) is 0 Å². The lowest BCUT2D eigenvalue weighted by Crippen LogP contribution is -2.46. The molecule has 706 valence electrons. The third-order valence-electron chi connectivity index (χ3n) is 17.3. The van der Waals surface area contributed by atoms with Gasteiger partial charge >= 0.3 is 82.2 Å². The number of para-hydroxylation sites is 1. The third-order valence-corrected chi connectivity index (χ3v) is 19.9. The summed E-state index contributed by atoms with van der Waals surface area (Å²) in [6, 6.07) is 6.12. The zero-order valence-electron chi connectivity index (χ0n) is 65.2. The summed E-state index contributed by atoms with van der Waals surface area (Å²) in [4.78, 5) is 145. The van der Waals surface area contributed by atoms with Crippen molar-refractivity contribution in [2.24, 2.45) is 0 Å². The maximum atomic E-state index is 12.4. The van der Waals surface area contributed by atoms with Crippen molar-refractivity contribution in [2.75, 3.05) is 107 Å². The van der Waals surface area contributed by atoms with Crippen LogP contribution in [0.5, 0.6) is 57.5 Å². The number of hydrogen-bond acceptors (Lipinski definition) is 37. The minimum absolute atomic E-state index is 0. The summed E-state index contributed by atoms with van der Waals surface area (Å²) in [7, 11) is -13.7.